The molecular weight excluding hydrogens is 164 g/mol. The zero-order valence-electron chi connectivity index (χ0n) is 6.57. The van der Waals surface area contributed by atoms with Gasteiger partial charge in [0.25, 0.3) is 0 Å². The van der Waals surface area contributed by atoms with Gasteiger partial charge in [-0.25, -0.2) is 4.79 Å². The van der Waals surface area contributed by atoms with Gasteiger partial charge in [0.1, 0.15) is 0 Å². The third-order valence-electron chi connectivity index (χ3n) is 1.20. The second-order valence-corrected chi connectivity index (χ2v) is 2.13. The van der Waals surface area contributed by atoms with Crippen LogP contribution in [-0.4, -0.2) is 30.3 Å². The quantitative estimate of drug-likeness (QED) is 0.401. The lowest BCUT2D eigenvalue weighted by atomic mass is 10.1. The number of hydrogen-bond donors (Lipinski definition) is 1. The first-order chi connectivity index (χ1) is 5.49. The molecule has 0 aliphatic carbocycles. The fourth-order valence-electron chi connectivity index (χ4n) is 0.536. The fraction of sp³-hybridized carbons (Fsp3) is 0.429. The first-order valence-electron chi connectivity index (χ1n) is 3.14. The van der Waals surface area contributed by atoms with Crippen molar-refractivity contribution in [3.8, 4) is 0 Å². The van der Waals surface area contributed by atoms with Gasteiger partial charge >= 0.3 is 5.97 Å². The third kappa shape index (κ3) is 3.16. The summed E-state index contributed by atoms with van der Waals surface area (Å²) in [7, 11) is 1.09. The van der Waals surface area contributed by atoms with Gasteiger partial charge in [-0.05, 0) is 5.57 Å². The maximum absolute atomic E-state index is 10.5. The van der Waals surface area contributed by atoms with E-state index >= 15 is 0 Å². The molecule has 0 spiro atoms. The summed E-state index contributed by atoms with van der Waals surface area (Å²) in [6.45, 7) is 3.08. The molecule has 0 aromatic rings. The Morgan fingerprint density at radius 1 is 1.67 bits per heavy atom. The highest BCUT2D eigenvalue weighted by Crippen LogP contribution is 2.02. The van der Waals surface area contributed by atoms with Gasteiger partial charge < -0.3 is 19.7 Å². The largest absolute Gasteiger partial charge is 0.545 e. The van der Waals surface area contributed by atoms with Gasteiger partial charge in [0.05, 0.1) is 13.1 Å². The highest BCUT2D eigenvalue weighted by Gasteiger charge is 2.16. The average Bonchev–Trinajstić information content (AvgIpc) is 2.02. The molecule has 12 heavy (non-hydrogen) atoms. The van der Waals surface area contributed by atoms with Gasteiger partial charge in [-0.15, -0.1) is 0 Å². The number of hydrogen-bond acceptors (Lipinski definition) is 5. The van der Waals surface area contributed by atoms with Gasteiger partial charge in [0, 0.05) is 6.42 Å². The number of ether oxygens (including phenoxy) is 1. The van der Waals surface area contributed by atoms with Crippen molar-refractivity contribution in [1.82, 2.24) is 0 Å². The summed E-state index contributed by atoms with van der Waals surface area (Å²) in [4.78, 5) is 20.6. The van der Waals surface area contributed by atoms with Crippen LogP contribution in [0.4, 0.5) is 0 Å². The van der Waals surface area contributed by atoms with Crippen LogP contribution in [0.25, 0.3) is 0 Å². The van der Waals surface area contributed by atoms with Gasteiger partial charge in [-0.3, -0.25) is 0 Å². The molecule has 68 valence electrons. The zero-order valence-corrected chi connectivity index (χ0v) is 6.57. The second-order valence-electron chi connectivity index (χ2n) is 2.13. The van der Waals surface area contributed by atoms with E-state index in [2.05, 4.69) is 11.3 Å². The predicted molar refractivity (Wildman–Crippen MR) is 36.8 cm³/mol. The molecule has 0 amide bonds. The molecule has 0 saturated heterocycles. The van der Waals surface area contributed by atoms with Crippen LogP contribution in [0.15, 0.2) is 12.2 Å². The molecule has 0 aliphatic heterocycles. The summed E-state index contributed by atoms with van der Waals surface area (Å²) in [5.74, 6) is -2.38. The van der Waals surface area contributed by atoms with Crippen LogP contribution in [0.3, 0.4) is 0 Å². The van der Waals surface area contributed by atoms with Crippen molar-refractivity contribution in [3.05, 3.63) is 12.2 Å². The molecule has 0 aromatic carbocycles. The van der Waals surface area contributed by atoms with Crippen molar-refractivity contribution in [2.24, 2.45) is 0 Å². The topological polar surface area (TPSA) is 86.7 Å². The van der Waals surface area contributed by atoms with Crippen LogP contribution in [0.2, 0.25) is 0 Å². The van der Waals surface area contributed by atoms with Crippen molar-refractivity contribution in [2.45, 2.75) is 12.5 Å². The summed E-state index contributed by atoms with van der Waals surface area (Å²) >= 11 is 0. The predicted octanol–water partition coefficient (Wildman–Crippen LogP) is -1.78. The molecule has 1 atom stereocenters. The minimum absolute atomic E-state index is 0.340. The van der Waals surface area contributed by atoms with E-state index < -0.39 is 18.0 Å². The Morgan fingerprint density at radius 2 is 2.17 bits per heavy atom. The second kappa shape index (κ2) is 4.50. The van der Waals surface area contributed by atoms with E-state index in [-0.39, 0.29) is 12.0 Å². The Bertz CT molecular complexity index is 208. The lowest BCUT2D eigenvalue weighted by Crippen LogP contribution is -2.29. The highest BCUT2D eigenvalue weighted by atomic mass is 16.5. The Hall–Kier alpha value is -1.36. The number of carboxylic acid groups (broad SMARTS) is 1. The highest BCUT2D eigenvalue weighted by molar-refractivity contribution is 5.85. The van der Waals surface area contributed by atoms with Gasteiger partial charge in [-0.1, -0.05) is 6.58 Å². The number of aliphatic hydroxyl groups is 1. The monoisotopic (exact) mass is 173 g/mol. The Labute approximate surface area is 69.3 Å². The van der Waals surface area contributed by atoms with Crippen molar-refractivity contribution < 1.29 is 24.5 Å². The van der Waals surface area contributed by atoms with Crippen LogP contribution in [0.1, 0.15) is 6.42 Å². The van der Waals surface area contributed by atoms with E-state index in [4.69, 9.17) is 5.11 Å². The van der Waals surface area contributed by atoms with Crippen LogP contribution < -0.4 is 5.11 Å². The third-order valence-corrected chi connectivity index (χ3v) is 1.20. The molecule has 0 saturated carbocycles. The molecule has 0 radical (unpaired) electrons. The molecule has 5 heteroatoms. The Morgan fingerprint density at radius 3 is 2.50 bits per heavy atom. The summed E-state index contributed by atoms with van der Waals surface area (Å²) in [5, 5.41) is 19.0. The Kier molecular flexibility index (Phi) is 3.99. The lowest BCUT2D eigenvalue weighted by Gasteiger charge is -2.10. The number of carbonyl (C=O) groups is 2. The Balaban J connectivity index is 4.01. The first-order valence-corrected chi connectivity index (χ1v) is 3.14. The van der Waals surface area contributed by atoms with Crippen molar-refractivity contribution in [2.75, 3.05) is 7.11 Å². The number of aliphatic carboxylic acids is 1. The molecule has 0 aliphatic rings. The molecule has 0 bridgehead atoms. The van der Waals surface area contributed by atoms with Crippen LogP contribution in [0.5, 0.6) is 0 Å². The number of aliphatic hydroxyl groups excluding tert-OH is 1. The van der Waals surface area contributed by atoms with Crippen molar-refractivity contribution in [3.63, 3.8) is 0 Å². The zero-order chi connectivity index (χ0) is 9.72. The summed E-state index contributed by atoms with van der Waals surface area (Å²) in [6, 6.07) is 0. The maximum atomic E-state index is 10.5. The molecule has 0 fully saturated rings. The maximum Gasteiger partial charge on any atom is 0.335 e. The smallest absolute Gasteiger partial charge is 0.335 e. The van der Waals surface area contributed by atoms with E-state index in [0.29, 0.717) is 0 Å². The number of carbonyl (C=O) groups excluding carboxylic acids is 2. The number of methoxy groups -OCH3 is 1. The minimum Gasteiger partial charge on any atom is -0.545 e. The van der Waals surface area contributed by atoms with E-state index in [1.807, 2.05) is 0 Å². The van der Waals surface area contributed by atoms with Gasteiger partial charge in [0.15, 0.2) is 6.10 Å². The number of carboxylic acids is 1. The van der Waals surface area contributed by atoms with E-state index in [9.17, 15) is 14.7 Å². The first kappa shape index (κ1) is 10.6. The van der Waals surface area contributed by atoms with Crippen LogP contribution in [-0.2, 0) is 14.3 Å². The van der Waals surface area contributed by atoms with Crippen molar-refractivity contribution in [1.29, 1.82) is 0 Å². The minimum atomic E-state index is -1.49. The normalized spacial score (nSPS) is 11.8. The lowest BCUT2D eigenvalue weighted by molar-refractivity contribution is -0.299. The molecule has 0 heterocycles. The molecule has 1 unspecified atom stereocenters. The summed E-state index contributed by atoms with van der Waals surface area (Å²) < 4.78 is 4.15. The molecular formula is C7H9O5-. The SMILES string of the molecule is C=C(CC(O)C(=O)OC)C(=O)[O-]. The summed E-state index contributed by atoms with van der Waals surface area (Å²) in [5.41, 5.74) is -0.340. The molecule has 0 rings (SSSR count). The van der Waals surface area contributed by atoms with E-state index in [0.717, 1.165) is 7.11 Å². The molecule has 5 nitrogen and oxygen atoms in total. The van der Waals surface area contributed by atoms with Gasteiger partial charge in [-0.2, -0.15) is 0 Å². The average molecular weight is 173 g/mol. The van der Waals surface area contributed by atoms with Crippen LogP contribution in [0, 0.1) is 0 Å². The number of rotatable bonds is 4. The van der Waals surface area contributed by atoms with Crippen molar-refractivity contribution >= 4 is 11.9 Å². The van der Waals surface area contributed by atoms with E-state index in [1.54, 1.807) is 0 Å². The van der Waals surface area contributed by atoms with Crippen LogP contribution >= 0.6 is 0 Å². The van der Waals surface area contributed by atoms with E-state index in [1.165, 1.54) is 0 Å². The molecule has 1 N–H and O–H groups in total. The molecule has 0 aromatic heterocycles. The summed E-state index contributed by atoms with van der Waals surface area (Å²) in [6.07, 6.45) is -1.87. The number of esters is 1. The standard InChI is InChI=1S/C7H10O5/c1-4(6(9)10)3-5(8)7(11)12-2/h5,8H,1,3H2,2H3,(H,9,10)/p-1. The van der Waals surface area contributed by atoms with Gasteiger partial charge in [0.2, 0.25) is 0 Å². The fourth-order valence-corrected chi connectivity index (χ4v) is 0.536.